The fourth-order valence-electron chi connectivity index (χ4n) is 2.74. The zero-order valence-corrected chi connectivity index (χ0v) is 13.8. The van der Waals surface area contributed by atoms with E-state index in [9.17, 15) is 23.4 Å². The normalized spacial score (nSPS) is 25.9. The van der Waals surface area contributed by atoms with Crippen LogP contribution in [-0.4, -0.2) is 42.4 Å². The van der Waals surface area contributed by atoms with Crippen LogP contribution in [0.15, 0.2) is 23.1 Å². The summed E-state index contributed by atoms with van der Waals surface area (Å²) in [6.07, 6.45) is -0.258. The minimum atomic E-state index is -3.40. The zero-order valence-electron chi connectivity index (χ0n) is 12.2. The molecule has 0 aliphatic heterocycles. The molecule has 0 amide bonds. The number of benzene rings is 1. The molecule has 5 nitrogen and oxygen atoms in total. The number of rotatable bonds is 4. The molecular weight excluding hydrogens is 328 g/mol. The first-order chi connectivity index (χ1) is 10.3. The Balaban J connectivity index is 2.35. The second-order valence-corrected chi connectivity index (χ2v) is 8.19. The molecule has 0 bridgehead atoms. The molecule has 2 unspecified atom stereocenters. The van der Waals surface area contributed by atoms with E-state index in [1.54, 1.807) is 0 Å². The Labute approximate surface area is 134 Å². The van der Waals surface area contributed by atoms with Crippen molar-refractivity contribution in [2.24, 2.45) is 5.92 Å². The average molecular weight is 347 g/mol. The van der Waals surface area contributed by atoms with Crippen molar-refractivity contribution in [3.63, 3.8) is 0 Å². The lowest BCUT2D eigenvalue weighted by Gasteiger charge is -2.31. The summed E-state index contributed by atoms with van der Waals surface area (Å²) in [7, 11) is -3.40. The molecule has 0 aromatic heterocycles. The van der Waals surface area contributed by atoms with Crippen molar-refractivity contribution in [1.29, 1.82) is 0 Å². The highest BCUT2D eigenvalue weighted by Crippen LogP contribution is 2.31. The van der Waals surface area contributed by atoms with E-state index >= 15 is 0 Å². The number of carbonyl (C=O) groups is 1. The zero-order chi connectivity index (χ0) is 16.5. The van der Waals surface area contributed by atoms with Crippen LogP contribution in [0.25, 0.3) is 0 Å². The van der Waals surface area contributed by atoms with E-state index in [1.165, 1.54) is 25.1 Å². The van der Waals surface area contributed by atoms with Gasteiger partial charge in [0.1, 0.15) is 0 Å². The molecule has 0 heterocycles. The summed E-state index contributed by atoms with van der Waals surface area (Å²) in [5.74, 6) is -1.43. The smallest absolute Gasteiger partial charge is 0.178 e. The molecule has 1 fully saturated rings. The maximum absolute atomic E-state index is 12.5. The third-order valence-corrected chi connectivity index (χ3v) is 6.12. The second-order valence-electron chi connectivity index (χ2n) is 5.50. The van der Waals surface area contributed by atoms with Gasteiger partial charge in [0.05, 0.1) is 33.8 Å². The number of hydrogen-bond donors (Lipinski definition) is 2. The highest BCUT2D eigenvalue weighted by molar-refractivity contribution is 7.91. The summed E-state index contributed by atoms with van der Waals surface area (Å²) in [4.78, 5) is 12.6. The monoisotopic (exact) mass is 346 g/mol. The standard InChI is InChI=1S/C15H19ClO5S/c1-2-22(20,21)9-6-7-10(11(16)8-9)15(19)14-12(17)4-3-5-13(14)18/h6-8,12-14,17-18H,2-5H2,1H3. The van der Waals surface area contributed by atoms with Gasteiger partial charge in [-0.05, 0) is 37.5 Å². The van der Waals surface area contributed by atoms with Crippen LogP contribution in [0.1, 0.15) is 36.5 Å². The molecular formula is C15H19ClO5S. The van der Waals surface area contributed by atoms with Gasteiger partial charge < -0.3 is 10.2 Å². The van der Waals surface area contributed by atoms with E-state index in [-0.39, 0.29) is 21.2 Å². The first-order valence-electron chi connectivity index (χ1n) is 7.20. The largest absolute Gasteiger partial charge is 0.392 e. The second kappa shape index (κ2) is 6.66. The number of Topliss-reactive ketones (excluding diaryl/α,β-unsaturated/α-hetero) is 1. The van der Waals surface area contributed by atoms with Gasteiger partial charge in [0.25, 0.3) is 0 Å². The Morgan fingerprint density at radius 3 is 2.36 bits per heavy atom. The number of aliphatic hydroxyl groups excluding tert-OH is 2. The van der Waals surface area contributed by atoms with Gasteiger partial charge in [-0.1, -0.05) is 18.5 Å². The van der Waals surface area contributed by atoms with E-state index < -0.39 is 33.7 Å². The van der Waals surface area contributed by atoms with Gasteiger partial charge in [-0.2, -0.15) is 0 Å². The molecule has 1 saturated carbocycles. The van der Waals surface area contributed by atoms with E-state index in [2.05, 4.69) is 0 Å². The quantitative estimate of drug-likeness (QED) is 0.812. The summed E-state index contributed by atoms with van der Waals surface area (Å²) >= 11 is 6.05. The van der Waals surface area contributed by atoms with Crippen molar-refractivity contribution in [2.45, 2.75) is 43.3 Å². The lowest BCUT2D eigenvalue weighted by Crippen LogP contribution is -2.41. The van der Waals surface area contributed by atoms with Gasteiger partial charge in [0, 0.05) is 5.56 Å². The molecule has 2 N–H and O–H groups in total. The van der Waals surface area contributed by atoms with Crippen LogP contribution in [0, 0.1) is 5.92 Å². The number of hydrogen-bond acceptors (Lipinski definition) is 5. The first-order valence-corrected chi connectivity index (χ1v) is 9.23. The molecule has 2 atom stereocenters. The van der Waals surface area contributed by atoms with Crippen LogP contribution < -0.4 is 0 Å². The van der Waals surface area contributed by atoms with Crippen molar-refractivity contribution >= 4 is 27.2 Å². The predicted molar refractivity (Wildman–Crippen MR) is 82.9 cm³/mol. The van der Waals surface area contributed by atoms with Gasteiger partial charge in [0.15, 0.2) is 15.6 Å². The van der Waals surface area contributed by atoms with Crippen molar-refractivity contribution < 1.29 is 23.4 Å². The van der Waals surface area contributed by atoms with Crippen LogP contribution in [0.5, 0.6) is 0 Å². The summed E-state index contributed by atoms with van der Waals surface area (Å²) < 4.78 is 23.6. The molecule has 0 saturated heterocycles. The van der Waals surface area contributed by atoms with E-state index in [0.717, 1.165) is 0 Å². The Bertz CT molecular complexity index is 661. The first kappa shape index (κ1) is 17.4. The SMILES string of the molecule is CCS(=O)(=O)c1ccc(C(=O)C2C(O)CCCC2O)c(Cl)c1. The molecule has 0 spiro atoms. The number of sulfone groups is 1. The van der Waals surface area contributed by atoms with Crippen LogP contribution in [0.4, 0.5) is 0 Å². The van der Waals surface area contributed by atoms with Crippen molar-refractivity contribution in [1.82, 2.24) is 0 Å². The van der Waals surface area contributed by atoms with Gasteiger partial charge in [0.2, 0.25) is 0 Å². The highest BCUT2D eigenvalue weighted by Gasteiger charge is 2.37. The molecule has 1 aliphatic carbocycles. The van der Waals surface area contributed by atoms with E-state index in [1.807, 2.05) is 0 Å². The minimum absolute atomic E-state index is 0.0181. The number of carbonyl (C=O) groups excluding carboxylic acids is 1. The molecule has 7 heteroatoms. The molecule has 22 heavy (non-hydrogen) atoms. The molecule has 1 aromatic rings. The molecule has 1 aliphatic rings. The maximum Gasteiger partial charge on any atom is 0.178 e. The number of halogens is 1. The Morgan fingerprint density at radius 2 is 1.86 bits per heavy atom. The summed E-state index contributed by atoms with van der Waals surface area (Å²) in [5.41, 5.74) is 0.127. The lowest BCUT2D eigenvalue weighted by atomic mass is 9.79. The van der Waals surface area contributed by atoms with Crippen molar-refractivity contribution in [2.75, 3.05) is 5.75 Å². The van der Waals surface area contributed by atoms with Crippen molar-refractivity contribution in [3.8, 4) is 0 Å². The van der Waals surface area contributed by atoms with E-state index in [4.69, 9.17) is 11.6 Å². The maximum atomic E-state index is 12.5. The molecule has 0 radical (unpaired) electrons. The Hall–Kier alpha value is -0.950. The topological polar surface area (TPSA) is 91.7 Å². The number of ketones is 1. The predicted octanol–water partition coefficient (Wildman–Crippen LogP) is 1.84. The van der Waals surface area contributed by atoms with Gasteiger partial charge in [-0.15, -0.1) is 0 Å². The third kappa shape index (κ3) is 3.35. The fourth-order valence-corrected chi connectivity index (χ4v) is 3.98. The van der Waals surface area contributed by atoms with Crippen LogP contribution in [0.3, 0.4) is 0 Å². The van der Waals surface area contributed by atoms with Gasteiger partial charge >= 0.3 is 0 Å². The van der Waals surface area contributed by atoms with Gasteiger partial charge in [-0.3, -0.25) is 4.79 Å². The minimum Gasteiger partial charge on any atom is -0.392 e. The van der Waals surface area contributed by atoms with Crippen molar-refractivity contribution in [3.05, 3.63) is 28.8 Å². The molecule has 1 aromatic carbocycles. The summed E-state index contributed by atoms with van der Waals surface area (Å²) in [6.45, 7) is 1.52. The molecule has 2 rings (SSSR count). The lowest BCUT2D eigenvalue weighted by molar-refractivity contribution is -0.0125. The third-order valence-electron chi connectivity index (χ3n) is 4.08. The average Bonchev–Trinajstić information content (AvgIpc) is 2.46. The van der Waals surface area contributed by atoms with Crippen LogP contribution >= 0.6 is 11.6 Å². The Kier molecular flexibility index (Phi) is 5.27. The van der Waals surface area contributed by atoms with E-state index in [0.29, 0.717) is 19.3 Å². The van der Waals surface area contributed by atoms with Crippen LogP contribution in [0.2, 0.25) is 5.02 Å². The summed E-state index contributed by atoms with van der Waals surface area (Å²) in [6, 6.07) is 3.93. The van der Waals surface area contributed by atoms with Crippen LogP contribution in [-0.2, 0) is 9.84 Å². The molecule has 122 valence electrons. The Morgan fingerprint density at radius 1 is 1.27 bits per heavy atom. The number of aliphatic hydroxyl groups is 2. The fraction of sp³-hybridized carbons (Fsp3) is 0.533. The highest BCUT2D eigenvalue weighted by atomic mass is 35.5. The summed E-state index contributed by atoms with van der Waals surface area (Å²) in [5, 5.41) is 19.9. The van der Waals surface area contributed by atoms with Gasteiger partial charge in [-0.25, -0.2) is 8.42 Å².